The highest BCUT2D eigenvalue weighted by atomic mass is 16.5. The van der Waals surface area contributed by atoms with Crippen LogP contribution < -0.4 is 10.1 Å². The van der Waals surface area contributed by atoms with Crippen molar-refractivity contribution < 1.29 is 9.47 Å². The molecule has 2 aliphatic heterocycles. The first-order valence-corrected chi connectivity index (χ1v) is 10.1. The van der Waals surface area contributed by atoms with Crippen LogP contribution in [0.4, 0.5) is 0 Å². The van der Waals surface area contributed by atoms with Gasteiger partial charge in [-0.3, -0.25) is 15.0 Å². The molecule has 0 radical (unpaired) electrons. The predicted octanol–water partition coefficient (Wildman–Crippen LogP) is 0.962. The maximum absolute atomic E-state index is 5.47. The molecule has 29 heavy (non-hydrogen) atoms. The van der Waals surface area contributed by atoms with Crippen LogP contribution in [-0.2, 0) is 11.3 Å². The maximum Gasteiger partial charge on any atom is 0.194 e. The molecule has 9 nitrogen and oxygen atoms in total. The molecule has 2 fully saturated rings. The van der Waals surface area contributed by atoms with E-state index in [4.69, 9.17) is 9.47 Å². The molecule has 2 aliphatic rings. The van der Waals surface area contributed by atoms with E-state index >= 15 is 0 Å². The lowest BCUT2D eigenvalue weighted by atomic mass is 10.2. The van der Waals surface area contributed by atoms with Gasteiger partial charge in [0.05, 0.1) is 26.9 Å². The zero-order valence-corrected chi connectivity index (χ0v) is 17.1. The molecule has 3 heterocycles. The molecule has 0 aliphatic carbocycles. The Hall–Kier alpha value is -2.65. The first kappa shape index (κ1) is 19.7. The second-order valence-corrected chi connectivity index (χ2v) is 7.27. The molecule has 1 atom stereocenters. The van der Waals surface area contributed by atoms with Crippen molar-refractivity contribution in [3.63, 3.8) is 0 Å². The lowest BCUT2D eigenvalue weighted by Crippen LogP contribution is -2.46. The number of aromatic nitrogens is 3. The molecule has 0 saturated carbocycles. The molecular formula is C20H29N7O2. The van der Waals surface area contributed by atoms with Crippen LogP contribution in [0.1, 0.15) is 12.2 Å². The molecule has 0 amide bonds. The summed E-state index contributed by atoms with van der Waals surface area (Å²) in [4.78, 5) is 13.9. The van der Waals surface area contributed by atoms with Crippen LogP contribution in [0, 0.1) is 0 Å². The number of rotatable bonds is 5. The molecule has 4 rings (SSSR count). The van der Waals surface area contributed by atoms with Gasteiger partial charge in [-0.25, -0.2) is 4.98 Å². The third-order valence-electron chi connectivity index (χ3n) is 5.53. The summed E-state index contributed by atoms with van der Waals surface area (Å²) in [5.41, 5.74) is 0.950. The summed E-state index contributed by atoms with van der Waals surface area (Å²) in [5, 5.41) is 10.8. The van der Waals surface area contributed by atoms with Crippen molar-refractivity contribution in [3.05, 3.63) is 30.1 Å². The van der Waals surface area contributed by atoms with Gasteiger partial charge in [0, 0.05) is 44.8 Å². The van der Waals surface area contributed by atoms with Crippen LogP contribution in [0.15, 0.2) is 29.3 Å². The average Bonchev–Trinajstić information content (AvgIpc) is 3.45. The third-order valence-corrected chi connectivity index (χ3v) is 5.53. The van der Waals surface area contributed by atoms with E-state index in [0.29, 0.717) is 18.4 Å². The first-order valence-electron chi connectivity index (χ1n) is 10.1. The second kappa shape index (κ2) is 9.23. The van der Waals surface area contributed by atoms with E-state index in [2.05, 4.69) is 35.3 Å². The summed E-state index contributed by atoms with van der Waals surface area (Å²) in [6.07, 6.45) is 1.16. The summed E-state index contributed by atoms with van der Waals surface area (Å²) in [6, 6.07) is 8.29. The molecule has 2 saturated heterocycles. The fourth-order valence-corrected chi connectivity index (χ4v) is 3.91. The van der Waals surface area contributed by atoms with E-state index in [0.717, 1.165) is 68.9 Å². The van der Waals surface area contributed by atoms with E-state index in [1.54, 1.807) is 7.11 Å². The Balaban J connectivity index is 1.31. The number of hydrogen-bond donors (Lipinski definition) is 2. The zero-order valence-electron chi connectivity index (χ0n) is 17.1. The number of benzene rings is 1. The van der Waals surface area contributed by atoms with Gasteiger partial charge in [-0.2, -0.15) is 5.10 Å². The van der Waals surface area contributed by atoms with Crippen LogP contribution >= 0.6 is 0 Å². The molecule has 1 aromatic heterocycles. The van der Waals surface area contributed by atoms with Gasteiger partial charge in [0.25, 0.3) is 0 Å². The van der Waals surface area contributed by atoms with E-state index in [1.807, 2.05) is 31.3 Å². The number of methoxy groups -OCH3 is 1. The minimum Gasteiger partial charge on any atom is -0.497 e. The number of likely N-dealkylation sites (tertiary alicyclic amines) is 1. The summed E-state index contributed by atoms with van der Waals surface area (Å²) < 4.78 is 10.7. The van der Waals surface area contributed by atoms with Gasteiger partial charge in [0.1, 0.15) is 11.6 Å². The lowest BCUT2D eigenvalue weighted by molar-refractivity contribution is 0.0195. The van der Waals surface area contributed by atoms with Gasteiger partial charge < -0.3 is 19.7 Å². The number of hydrogen-bond acceptors (Lipinski definition) is 6. The van der Waals surface area contributed by atoms with Crippen LogP contribution in [0.2, 0.25) is 0 Å². The predicted molar refractivity (Wildman–Crippen MR) is 111 cm³/mol. The highest BCUT2D eigenvalue weighted by Gasteiger charge is 2.30. The topological polar surface area (TPSA) is 90.9 Å². The minimum absolute atomic E-state index is 0.550. The summed E-state index contributed by atoms with van der Waals surface area (Å²) in [6.45, 7) is 6.28. The van der Waals surface area contributed by atoms with E-state index in [9.17, 15) is 0 Å². The van der Waals surface area contributed by atoms with Crippen molar-refractivity contribution >= 4 is 5.96 Å². The van der Waals surface area contributed by atoms with Gasteiger partial charge in [-0.1, -0.05) is 0 Å². The summed E-state index contributed by atoms with van der Waals surface area (Å²) >= 11 is 0. The molecule has 156 valence electrons. The molecular weight excluding hydrogens is 370 g/mol. The lowest BCUT2D eigenvalue weighted by Gasteiger charge is -2.32. The van der Waals surface area contributed by atoms with Crippen molar-refractivity contribution in [3.8, 4) is 17.1 Å². The van der Waals surface area contributed by atoms with Gasteiger partial charge in [-0.05, 0) is 30.7 Å². The fraction of sp³-hybridized carbons (Fsp3) is 0.550. The molecule has 2 N–H and O–H groups in total. The number of aromatic amines is 1. The largest absolute Gasteiger partial charge is 0.497 e. The monoisotopic (exact) mass is 399 g/mol. The summed E-state index contributed by atoms with van der Waals surface area (Å²) in [5.74, 6) is 3.17. The first-order chi connectivity index (χ1) is 14.3. The number of nitrogens with one attached hydrogen (secondary N) is 2. The Morgan fingerprint density at radius 2 is 2.07 bits per heavy atom. The van der Waals surface area contributed by atoms with Crippen molar-refractivity contribution in [1.82, 2.24) is 30.3 Å². The normalized spacial score (nSPS) is 20.8. The Morgan fingerprint density at radius 1 is 1.28 bits per heavy atom. The van der Waals surface area contributed by atoms with E-state index in [-0.39, 0.29) is 0 Å². The highest BCUT2D eigenvalue weighted by Crippen LogP contribution is 2.19. The molecule has 9 heteroatoms. The SMILES string of the molecule is CN=C(NCc1nc(-c2ccc(OC)cc2)n[nH]1)N1CCC(N2CCOCC2)C1. The smallest absolute Gasteiger partial charge is 0.194 e. The number of nitrogens with zero attached hydrogens (tertiary/aromatic N) is 5. The fourth-order valence-electron chi connectivity index (χ4n) is 3.91. The van der Waals surface area contributed by atoms with Crippen LogP contribution in [-0.4, -0.2) is 90.5 Å². The molecule has 2 aromatic rings. The number of ether oxygens (including phenoxy) is 2. The maximum atomic E-state index is 5.47. The van der Waals surface area contributed by atoms with Gasteiger partial charge in [0.2, 0.25) is 0 Å². The van der Waals surface area contributed by atoms with E-state index < -0.39 is 0 Å². The van der Waals surface area contributed by atoms with Gasteiger partial charge in [0.15, 0.2) is 11.8 Å². The standard InChI is InChI=1S/C20H29N7O2/c1-21-20(27-8-7-16(14-27)26-9-11-29-12-10-26)22-13-18-23-19(25-24-18)15-3-5-17(28-2)6-4-15/h3-6,16H,7-14H2,1-2H3,(H,21,22)(H,23,24,25). The minimum atomic E-state index is 0.550. The van der Waals surface area contributed by atoms with Gasteiger partial charge in [-0.15, -0.1) is 0 Å². The van der Waals surface area contributed by atoms with Crippen LogP contribution in [0.5, 0.6) is 5.75 Å². The number of morpholine rings is 1. The quantitative estimate of drug-likeness (QED) is 0.572. The molecule has 1 aromatic carbocycles. The second-order valence-electron chi connectivity index (χ2n) is 7.27. The molecule has 0 spiro atoms. The van der Waals surface area contributed by atoms with Crippen LogP contribution in [0.3, 0.4) is 0 Å². The van der Waals surface area contributed by atoms with Crippen molar-refractivity contribution in [1.29, 1.82) is 0 Å². The highest BCUT2D eigenvalue weighted by molar-refractivity contribution is 5.80. The zero-order chi connectivity index (χ0) is 20.1. The Morgan fingerprint density at radius 3 is 2.79 bits per heavy atom. The van der Waals surface area contributed by atoms with Gasteiger partial charge >= 0.3 is 0 Å². The number of aliphatic imine (C=N–C) groups is 1. The van der Waals surface area contributed by atoms with Crippen LogP contribution in [0.25, 0.3) is 11.4 Å². The molecule has 0 bridgehead atoms. The van der Waals surface area contributed by atoms with Crippen molar-refractivity contribution in [2.24, 2.45) is 4.99 Å². The Bertz CT molecular complexity index is 814. The van der Waals surface area contributed by atoms with E-state index in [1.165, 1.54) is 0 Å². The van der Waals surface area contributed by atoms with Crippen molar-refractivity contribution in [2.75, 3.05) is 53.6 Å². The van der Waals surface area contributed by atoms with Crippen molar-refractivity contribution in [2.45, 2.75) is 19.0 Å². The third kappa shape index (κ3) is 4.68. The number of H-pyrrole nitrogens is 1. The molecule has 1 unspecified atom stereocenters. The Kier molecular flexibility index (Phi) is 6.26. The Labute approximate surface area is 171 Å². The average molecular weight is 399 g/mol. The summed E-state index contributed by atoms with van der Waals surface area (Å²) in [7, 11) is 3.48. The number of guanidine groups is 1.